The lowest BCUT2D eigenvalue weighted by Crippen LogP contribution is -2.30. The number of hydrogen-bond acceptors (Lipinski definition) is 6. The Morgan fingerprint density at radius 2 is 0.612 bits per heavy atom. The lowest BCUT2D eigenvalue weighted by atomic mass is 10.1. The normalized spacial score (nSPS) is 12.8. The second-order valence-corrected chi connectivity index (χ2v) is 18.1. The third-order valence-corrected chi connectivity index (χ3v) is 11.6. The zero-order valence-electron chi connectivity index (χ0n) is 43.6. The highest BCUT2D eigenvalue weighted by atomic mass is 16.6. The van der Waals surface area contributed by atoms with E-state index in [1.54, 1.807) is 0 Å². The van der Waals surface area contributed by atoms with Crippen molar-refractivity contribution in [3.8, 4) is 0 Å². The molecule has 382 valence electrons. The van der Waals surface area contributed by atoms with E-state index in [0.29, 0.717) is 19.3 Å². The Hall–Kier alpha value is -3.67. The van der Waals surface area contributed by atoms with Gasteiger partial charge in [-0.15, -0.1) is 0 Å². The first-order valence-corrected chi connectivity index (χ1v) is 27.7. The van der Waals surface area contributed by atoms with Crippen molar-refractivity contribution >= 4 is 17.9 Å². The van der Waals surface area contributed by atoms with E-state index in [4.69, 9.17) is 14.2 Å². The molecule has 6 nitrogen and oxygen atoms in total. The minimum absolute atomic E-state index is 0.114. The maximum atomic E-state index is 12.8. The van der Waals surface area contributed by atoms with E-state index < -0.39 is 6.10 Å². The first kappa shape index (κ1) is 63.3. The second-order valence-electron chi connectivity index (χ2n) is 18.1. The number of allylic oxidation sites excluding steroid dienone is 16. The Labute approximate surface area is 413 Å². The molecule has 0 amide bonds. The van der Waals surface area contributed by atoms with Crippen LogP contribution in [0.4, 0.5) is 0 Å². The number of unbranched alkanes of at least 4 members (excludes halogenated alkanes) is 22. The van der Waals surface area contributed by atoms with E-state index in [-0.39, 0.29) is 37.5 Å². The molecule has 0 aliphatic rings. The van der Waals surface area contributed by atoms with Crippen molar-refractivity contribution in [1.29, 1.82) is 0 Å². The Balaban J connectivity index is 4.50. The van der Waals surface area contributed by atoms with Gasteiger partial charge in [0.15, 0.2) is 6.10 Å². The van der Waals surface area contributed by atoms with E-state index in [1.807, 2.05) is 6.08 Å². The number of ether oxygens (including phenoxy) is 3. The van der Waals surface area contributed by atoms with Crippen molar-refractivity contribution in [2.45, 2.75) is 258 Å². The molecule has 0 radical (unpaired) electrons. The van der Waals surface area contributed by atoms with Crippen LogP contribution in [0.15, 0.2) is 97.2 Å². The molecule has 0 heterocycles. The Morgan fingerprint density at radius 1 is 0.313 bits per heavy atom. The van der Waals surface area contributed by atoms with Gasteiger partial charge in [-0.25, -0.2) is 0 Å². The minimum Gasteiger partial charge on any atom is -0.462 e. The van der Waals surface area contributed by atoms with Gasteiger partial charge in [0.1, 0.15) is 13.2 Å². The maximum absolute atomic E-state index is 12.8. The molecule has 0 fully saturated rings. The summed E-state index contributed by atoms with van der Waals surface area (Å²) in [5.74, 6) is -1.02. The summed E-state index contributed by atoms with van der Waals surface area (Å²) in [6, 6.07) is 0. The van der Waals surface area contributed by atoms with E-state index in [1.165, 1.54) is 116 Å². The summed E-state index contributed by atoms with van der Waals surface area (Å²) < 4.78 is 16.7. The van der Waals surface area contributed by atoms with Crippen LogP contribution in [0.1, 0.15) is 252 Å². The molecular formula is C61H102O6. The van der Waals surface area contributed by atoms with Crippen molar-refractivity contribution in [2.75, 3.05) is 13.2 Å². The fourth-order valence-electron chi connectivity index (χ4n) is 7.40. The first-order valence-electron chi connectivity index (χ1n) is 27.7. The predicted octanol–water partition coefficient (Wildman–Crippen LogP) is 18.5. The van der Waals surface area contributed by atoms with Crippen molar-refractivity contribution in [3.63, 3.8) is 0 Å². The lowest BCUT2D eigenvalue weighted by Gasteiger charge is -2.18. The molecule has 0 aromatic heterocycles. The number of carbonyl (C=O) groups is 3. The molecule has 67 heavy (non-hydrogen) atoms. The Bertz CT molecular complexity index is 1350. The molecule has 1 atom stereocenters. The van der Waals surface area contributed by atoms with Crippen LogP contribution in [0.5, 0.6) is 0 Å². The minimum atomic E-state index is -0.817. The molecule has 0 rings (SSSR count). The maximum Gasteiger partial charge on any atom is 0.306 e. The molecule has 0 aliphatic carbocycles. The quantitative estimate of drug-likeness (QED) is 0.0262. The summed E-state index contributed by atoms with van der Waals surface area (Å²) in [6.07, 6.45) is 72.6. The van der Waals surface area contributed by atoms with Gasteiger partial charge in [0, 0.05) is 19.3 Å². The van der Waals surface area contributed by atoms with Gasteiger partial charge in [-0.2, -0.15) is 0 Å². The fraction of sp³-hybridized carbons (Fsp3) is 0.689. The zero-order chi connectivity index (χ0) is 48.6. The number of esters is 3. The summed E-state index contributed by atoms with van der Waals surface area (Å²) in [5.41, 5.74) is 0. The molecule has 0 aromatic rings. The molecule has 6 heteroatoms. The van der Waals surface area contributed by atoms with E-state index in [2.05, 4.69) is 112 Å². The highest BCUT2D eigenvalue weighted by Gasteiger charge is 2.19. The molecular weight excluding hydrogens is 829 g/mol. The van der Waals surface area contributed by atoms with Crippen molar-refractivity contribution in [1.82, 2.24) is 0 Å². The zero-order valence-corrected chi connectivity index (χ0v) is 43.6. The van der Waals surface area contributed by atoms with E-state index >= 15 is 0 Å². The van der Waals surface area contributed by atoms with Crippen LogP contribution in [-0.2, 0) is 28.6 Å². The topological polar surface area (TPSA) is 78.9 Å². The summed E-state index contributed by atoms with van der Waals surface area (Å²) in [7, 11) is 0. The molecule has 0 bridgehead atoms. The highest BCUT2D eigenvalue weighted by Crippen LogP contribution is 2.14. The second kappa shape index (κ2) is 54.9. The molecule has 0 saturated heterocycles. The monoisotopic (exact) mass is 931 g/mol. The lowest BCUT2D eigenvalue weighted by molar-refractivity contribution is -0.166. The highest BCUT2D eigenvalue weighted by molar-refractivity contribution is 5.71. The summed E-state index contributed by atoms with van der Waals surface area (Å²) in [4.78, 5) is 38.0. The summed E-state index contributed by atoms with van der Waals surface area (Å²) in [5, 5.41) is 0. The summed E-state index contributed by atoms with van der Waals surface area (Å²) in [6.45, 7) is 6.43. The van der Waals surface area contributed by atoms with Gasteiger partial charge in [-0.3, -0.25) is 14.4 Å². The molecule has 0 saturated carbocycles. The van der Waals surface area contributed by atoms with Gasteiger partial charge in [0.25, 0.3) is 0 Å². The first-order chi connectivity index (χ1) is 33.0. The number of hydrogen-bond donors (Lipinski definition) is 0. The third kappa shape index (κ3) is 53.2. The molecule has 0 spiro atoms. The Morgan fingerprint density at radius 3 is 1.03 bits per heavy atom. The largest absolute Gasteiger partial charge is 0.462 e. The standard InChI is InChI=1S/C61H102O6/c1-4-7-10-13-16-19-22-25-27-29-30-32-33-36-39-42-45-48-51-54-60(63)66-57-58(56-65-59(62)53-50-47-44-41-38-35-24-21-18-15-12-9-6-3)67-61(64)55-52-49-46-43-40-37-34-31-28-26-23-20-17-14-11-8-5-2/h7,10,16,19,25-28,30,32,35-36,38-39,44,47,58H,4-6,8-9,11-15,17-18,20-24,29,31,33-34,37,40-43,45-46,48-57H2,1-3H3/b10-7+,19-16+,27-25+,28-26+,32-30+,38-35+,39-36+,47-44+. The van der Waals surface area contributed by atoms with Crippen LogP contribution in [0.2, 0.25) is 0 Å². The van der Waals surface area contributed by atoms with Gasteiger partial charge in [-0.05, 0) is 109 Å². The van der Waals surface area contributed by atoms with Crippen LogP contribution in [0.25, 0.3) is 0 Å². The fourth-order valence-corrected chi connectivity index (χ4v) is 7.40. The molecule has 1 unspecified atom stereocenters. The van der Waals surface area contributed by atoms with Crippen molar-refractivity contribution in [3.05, 3.63) is 97.2 Å². The molecule has 0 N–H and O–H groups in total. The number of rotatable bonds is 49. The smallest absolute Gasteiger partial charge is 0.306 e. The summed E-state index contributed by atoms with van der Waals surface area (Å²) >= 11 is 0. The molecule has 0 aliphatic heterocycles. The van der Waals surface area contributed by atoms with Crippen molar-refractivity contribution in [2.24, 2.45) is 0 Å². The average Bonchev–Trinajstić information content (AvgIpc) is 3.33. The number of carbonyl (C=O) groups excluding carboxylic acids is 3. The van der Waals surface area contributed by atoms with Gasteiger partial charge in [0.2, 0.25) is 0 Å². The van der Waals surface area contributed by atoms with Crippen LogP contribution in [0, 0.1) is 0 Å². The van der Waals surface area contributed by atoms with Gasteiger partial charge >= 0.3 is 17.9 Å². The van der Waals surface area contributed by atoms with Crippen LogP contribution in [-0.4, -0.2) is 37.2 Å². The average molecular weight is 931 g/mol. The Kier molecular flexibility index (Phi) is 51.9. The molecule has 0 aromatic carbocycles. The van der Waals surface area contributed by atoms with Crippen molar-refractivity contribution < 1.29 is 28.6 Å². The third-order valence-electron chi connectivity index (χ3n) is 11.6. The van der Waals surface area contributed by atoms with Crippen LogP contribution >= 0.6 is 0 Å². The van der Waals surface area contributed by atoms with E-state index in [9.17, 15) is 14.4 Å². The van der Waals surface area contributed by atoms with Crippen LogP contribution < -0.4 is 0 Å². The van der Waals surface area contributed by atoms with Crippen LogP contribution in [0.3, 0.4) is 0 Å². The SMILES string of the molecule is CC/C=C/C/C=C/C/C=C/C/C=C/C/C=C/CCCCCC(=O)OCC(COC(=O)CC/C=C/C/C=C/CCCCCCCC)OC(=O)CCCCCCCCC/C=C/CCCCCCCC. The van der Waals surface area contributed by atoms with Gasteiger partial charge < -0.3 is 14.2 Å². The van der Waals surface area contributed by atoms with E-state index in [0.717, 1.165) is 89.9 Å². The van der Waals surface area contributed by atoms with Gasteiger partial charge in [-0.1, -0.05) is 221 Å². The van der Waals surface area contributed by atoms with Gasteiger partial charge in [0.05, 0.1) is 0 Å². The predicted molar refractivity (Wildman–Crippen MR) is 288 cm³/mol.